The second-order valence-corrected chi connectivity index (χ2v) is 14.3. The van der Waals surface area contributed by atoms with Crippen molar-refractivity contribution in [3.8, 4) is 0 Å². The fraction of sp³-hybridized carbons (Fsp3) is 0.387. The minimum Gasteiger partial charge on any atom is -0.463 e. The molecule has 5 nitrogen and oxygen atoms in total. The number of esters is 1. The first-order valence-electron chi connectivity index (χ1n) is 14.2. The molecule has 3 aromatic rings. The van der Waals surface area contributed by atoms with Gasteiger partial charge in [-0.25, -0.2) is 0 Å². The number of thioether (sulfide) groups is 1. The van der Waals surface area contributed by atoms with Gasteiger partial charge < -0.3 is 14.5 Å². The summed E-state index contributed by atoms with van der Waals surface area (Å²) in [7, 11) is 0. The topological polar surface area (TPSA) is 36.0 Å². The second kappa shape index (κ2) is 14.8. The first-order valence-corrected chi connectivity index (χ1v) is 17.0. The molecule has 5 rings (SSSR count). The maximum absolute atomic E-state index is 13.5. The average Bonchev–Trinajstić information content (AvgIpc) is 2.99. The lowest BCUT2D eigenvalue weighted by Crippen LogP contribution is -2.47. The predicted molar refractivity (Wildman–Crippen MR) is 174 cm³/mol. The van der Waals surface area contributed by atoms with Crippen molar-refractivity contribution < 1.29 is 22.7 Å². The molecule has 0 saturated carbocycles. The van der Waals surface area contributed by atoms with Crippen LogP contribution in [0.15, 0.2) is 69.3 Å². The van der Waals surface area contributed by atoms with Crippen molar-refractivity contribution in [2.45, 2.75) is 39.5 Å². The number of benzene rings is 3. The standard InChI is InChI=1S/C31H31Cl3F3N3O2S2/c1-20(43-22-18-23(32)29(34)24(33)19-22)30(41)42-16-15-39-13-11-38(12-14-39)9-4-10-40-25-5-2-3-6-27(25)44-28-8-7-21(17-26(28)40)31(35,36)37/h2-3,5-8,17-20H,4,9-16H2,1H3. The van der Waals surface area contributed by atoms with Crippen molar-refractivity contribution in [1.82, 2.24) is 9.80 Å². The molecule has 0 N–H and O–H groups in total. The Labute approximate surface area is 278 Å². The van der Waals surface area contributed by atoms with E-state index in [9.17, 15) is 18.0 Å². The molecule has 2 aliphatic rings. The minimum atomic E-state index is -4.39. The lowest BCUT2D eigenvalue weighted by atomic mass is 10.1. The van der Waals surface area contributed by atoms with Crippen molar-refractivity contribution in [1.29, 1.82) is 0 Å². The third kappa shape index (κ3) is 8.32. The molecule has 44 heavy (non-hydrogen) atoms. The van der Waals surface area contributed by atoms with Gasteiger partial charge in [-0.05, 0) is 62.4 Å². The second-order valence-electron chi connectivity index (χ2n) is 10.6. The molecule has 2 heterocycles. The zero-order valence-electron chi connectivity index (χ0n) is 23.9. The Hall–Kier alpha value is -1.79. The molecular formula is C31H31Cl3F3N3O2S2. The van der Waals surface area contributed by atoms with Crippen LogP contribution < -0.4 is 4.90 Å². The first kappa shape index (κ1) is 33.6. The molecular weight excluding hydrogens is 674 g/mol. The zero-order chi connectivity index (χ0) is 31.4. The summed E-state index contributed by atoms with van der Waals surface area (Å²) in [6, 6.07) is 15.2. The molecule has 0 bridgehead atoms. The van der Waals surface area contributed by atoms with Crippen LogP contribution in [0, 0.1) is 0 Å². The molecule has 0 aliphatic carbocycles. The number of piperazine rings is 1. The molecule has 13 heteroatoms. The van der Waals surface area contributed by atoms with Gasteiger partial charge in [0.1, 0.15) is 11.9 Å². The van der Waals surface area contributed by atoms with E-state index < -0.39 is 17.0 Å². The van der Waals surface area contributed by atoms with E-state index in [1.165, 1.54) is 29.6 Å². The summed E-state index contributed by atoms with van der Waals surface area (Å²) < 4.78 is 46.0. The maximum atomic E-state index is 13.5. The van der Waals surface area contributed by atoms with Crippen molar-refractivity contribution in [3.05, 3.63) is 75.2 Å². The highest BCUT2D eigenvalue weighted by Crippen LogP contribution is 2.49. The van der Waals surface area contributed by atoms with Crippen LogP contribution in [-0.4, -0.2) is 73.4 Å². The average molecular weight is 705 g/mol. The summed E-state index contributed by atoms with van der Waals surface area (Å²) in [5.41, 5.74) is 0.918. The lowest BCUT2D eigenvalue weighted by Gasteiger charge is -2.36. The van der Waals surface area contributed by atoms with Gasteiger partial charge in [0.15, 0.2) is 0 Å². The summed E-state index contributed by atoms with van der Waals surface area (Å²) in [6.45, 7) is 7.64. The van der Waals surface area contributed by atoms with Crippen LogP contribution in [0.2, 0.25) is 15.1 Å². The fourth-order valence-electron chi connectivity index (χ4n) is 5.18. The quantitative estimate of drug-likeness (QED) is 0.118. The number of halogens is 6. The number of ether oxygens (including phenoxy) is 1. The summed E-state index contributed by atoms with van der Waals surface area (Å²) in [5.74, 6) is -0.308. The van der Waals surface area contributed by atoms with Crippen molar-refractivity contribution in [2.24, 2.45) is 0 Å². The Balaban J connectivity index is 1.06. The van der Waals surface area contributed by atoms with Gasteiger partial charge in [-0.15, -0.1) is 11.8 Å². The SMILES string of the molecule is CC(Sc1cc(Cl)c(Cl)c(Cl)c1)C(=O)OCCN1CCN(CCCN2c3ccccc3Sc3ccc(C(F)(F)F)cc32)CC1. The Kier molecular flexibility index (Phi) is 11.3. The van der Waals surface area contributed by atoms with Gasteiger partial charge in [-0.2, -0.15) is 13.2 Å². The number of carbonyl (C=O) groups is 1. The summed E-state index contributed by atoms with van der Waals surface area (Å²) in [4.78, 5) is 21.8. The summed E-state index contributed by atoms with van der Waals surface area (Å²) >= 11 is 21.0. The fourth-order valence-corrected chi connectivity index (χ4v) is 7.93. The van der Waals surface area contributed by atoms with E-state index in [4.69, 9.17) is 39.5 Å². The smallest absolute Gasteiger partial charge is 0.416 e. The molecule has 1 fully saturated rings. The number of rotatable bonds is 10. The highest BCUT2D eigenvalue weighted by Gasteiger charge is 2.33. The molecule has 0 amide bonds. The third-order valence-electron chi connectivity index (χ3n) is 7.53. The van der Waals surface area contributed by atoms with Gasteiger partial charge in [-0.1, -0.05) is 58.7 Å². The van der Waals surface area contributed by atoms with E-state index >= 15 is 0 Å². The number of anilines is 2. The van der Waals surface area contributed by atoms with Gasteiger partial charge in [-0.3, -0.25) is 9.69 Å². The molecule has 1 saturated heterocycles. The van der Waals surface area contributed by atoms with Crippen molar-refractivity contribution >= 4 is 75.7 Å². The van der Waals surface area contributed by atoms with Crippen LogP contribution in [-0.2, 0) is 15.7 Å². The van der Waals surface area contributed by atoms with E-state index in [2.05, 4.69) is 9.80 Å². The van der Waals surface area contributed by atoms with Crippen LogP contribution in [0.5, 0.6) is 0 Å². The van der Waals surface area contributed by atoms with Crippen LogP contribution in [0.1, 0.15) is 18.9 Å². The number of nitrogens with zero attached hydrogens (tertiary/aromatic N) is 3. The van der Waals surface area contributed by atoms with E-state index in [1.807, 2.05) is 29.2 Å². The lowest BCUT2D eigenvalue weighted by molar-refractivity contribution is -0.143. The van der Waals surface area contributed by atoms with Crippen LogP contribution >= 0.6 is 58.3 Å². The van der Waals surface area contributed by atoms with E-state index in [-0.39, 0.29) is 11.0 Å². The Morgan fingerprint density at radius 2 is 1.55 bits per heavy atom. The van der Waals surface area contributed by atoms with Gasteiger partial charge in [0, 0.05) is 54.0 Å². The largest absolute Gasteiger partial charge is 0.463 e. The molecule has 0 spiro atoms. The monoisotopic (exact) mass is 703 g/mol. The first-order chi connectivity index (χ1) is 21.0. The Bertz CT molecular complexity index is 1470. The molecule has 1 atom stereocenters. The van der Waals surface area contributed by atoms with Crippen molar-refractivity contribution in [2.75, 3.05) is 57.3 Å². The number of hydrogen-bond donors (Lipinski definition) is 0. The number of hydrogen-bond acceptors (Lipinski definition) is 7. The Morgan fingerprint density at radius 3 is 2.23 bits per heavy atom. The molecule has 1 unspecified atom stereocenters. The highest BCUT2D eigenvalue weighted by molar-refractivity contribution is 8.00. The van der Waals surface area contributed by atoms with E-state index in [1.54, 1.807) is 25.1 Å². The maximum Gasteiger partial charge on any atom is 0.416 e. The molecule has 0 radical (unpaired) electrons. The van der Waals surface area contributed by atoms with Crippen molar-refractivity contribution in [3.63, 3.8) is 0 Å². The van der Waals surface area contributed by atoms with Crippen LogP contribution in [0.25, 0.3) is 0 Å². The number of para-hydroxylation sites is 1. The number of alkyl halides is 3. The number of fused-ring (bicyclic) bond motifs is 2. The third-order valence-corrected chi connectivity index (χ3v) is 10.9. The normalized spacial score (nSPS) is 16.4. The molecule has 236 valence electrons. The van der Waals surface area contributed by atoms with Crippen LogP contribution in [0.4, 0.5) is 24.5 Å². The summed E-state index contributed by atoms with van der Waals surface area (Å²) in [6.07, 6.45) is -3.58. The van der Waals surface area contributed by atoms with Gasteiger partial charge >= 0.3 is 12.1 Å². The highest BCUT2D eigenvalue weighted by atomic mass is 35.5. The van der Waals surface area contributed by atoms with Gasteiger partial charge in [0.2, 0.25) is 0 Å². The van der Waals surface area contributed by atoms with Gasteiger partial charge in [0.25, 0.3) is 0 Å². The molecule has 2 aliphatic heterocycles. The van der Waals surface area contributed by atoms with E-state index in [0.29, 0.717) is 35.4 Å². The number of carbonyl (C=O) groups excluding carboxylic acids is 1. The zero-order valence-corrected chi connectivity index (χ0v) is 27.8. The van der Waals surface area contributed by atoms with Gasteiger partial charge in [0.05, 0.1) is 32.0 Å². The van der Waals surface area contributed by atoms with E-state index in [0.717, 1.165) is 65.6 Å². The minimum absolute atomic E-state index is 0.286. The molecule has 0 aromatic heterocycles. The predicted octanol–water partition coefficient (Wildman–Crippen LogP) is 9.00. The summed E-state index contributed by atoms with van der Waals surface area (Å²) in [5, 5.41) is 0.524. The molecule has 3 aromatic carbocycles. The Morgan fingerprint density at radius 1 is 0.909 bits per heavy atom. The van der Waals surface area contributed by atoms with Crippen LogP contribution in [0.3, 0.4) is 0 Å².